The van der Waals surface area contributed by atoms with Crippen LogP contribution < -0.4 is 5.32 Å². The molecular formula is C14H11F2NO2. The van der Waals surface area contributed by atoms with E-state index in [-0.39, 0.29) is 11.3 Å². The van der Waals surface area contributed by atoms with Crippen LogP contribution in [0.5, 0.6) is 5.75 Å². The first-order valence-corrected chi connectivity index (χ1v) is 5.53. The van der Waals surface area contributed by atoms with Crippen LogP contribution in [0.4, 0.5) is 14.5 Å². The molecule has 19 heavy (non-hydrogen) atoms. The summed E-state index contributed by atoms with van der Waals surface area (Å²) in [7, 11) is 0. The molecule has 0 fully saturated rings. The molecule has 2 aromatic carbocycles. The topological polar surface area (TPSA) is 49.3 Å². The summed E-state index contributed by atoms with van der Waals surface area (Å²) in [5, 5.41) is 12.0. The van der Waals surface area contributed by atoms with E-state index in [1.54, 1.807) is 19.1 Å². The first-order chi connectivity index (χ1) is 8.97. The molecule has 0 aliphatic carbocycles. The fourth-order valence-corrected chi connectivity index (χ4v) is 1.64. The number of carbonyl (C=O) groups excluding carboxylic acids is 1. The lowest BCUT2D eigenvalue weighted by atomic mass is 10.1. The van der Waals surface area contributed by atoms with Crippen molar-refractivity contribution < 1.29 is 18.7 Å². The predicted molar refractivity (Wildman–Crippen MR) is 67.2 cm³/mol. The molecule has 0 aliphatic rings. The standard InChI is InChI=1S/C14H11F2NO2/c1-8-12(3-2-4-13(8)18)17-14(19)9-5-10(15)7-11(16)6-9/h2-7,18H,1H3,(H,17,19). The van der Waals surface area contributed by atoms with E-state index in [4.69, 9.17) is 0 Å². The van der Waals surface area contributed by atoms with Crippen LogP contribution in [0, 0.1) is 18.6 Å². The number of phenolic OH excluding ortho intramolecular Hbond substituents is 1. The molecule has 0 aromatic heterocycles. The molecule has 2 N–H and O–H groups in total. The zero-order chi connectivity index (χ0) is 14.0. The number of amides is 1. The quantitative estimate of drug-likeness (QED) is 0.873. The molecule has 0 saturated heterocycles. The van der Waals surface area contributed by atoms with Gasteiger partial charge >= 0.3 is 0 Å². The van der Waals surface area contributed by atoms with E-state index in [0.717, 1.165) is 12.1 Å². The van der Waals surface area contributed by atoms with E-state index >= 15 is 0 Å². The molecule has 0 bridgehead atoms. The Kier molecular flexibility index (Phi) is 3.46. The van der Waals surface area contributed by atoms with Crippen molar-refractivity contribution in [3.8, 4) is 5.75 Å². The van der Waals surface area contributed by atoms with Crippen molar-refractivity contribution in [3.05, 3.63) is 59.2 Å². The van der Waals surface area contributed by atoms with Crippen LogP contribution in [0.15, 0.2) is 36.4 Å². The predicted octanol–water partition coefficient (Wildman–Crippen LogP) is 3.23. The second-order valence-corrected chi connectivity index (χ2v) is 4.06. The van der Waals surface area contributed by atoms with Gasteiger partial charge in [-0.15, -0.1) is 0 Å². The third kappa shape index (κ3) is 2.88. The fourth-order valence-electron chi connectivity index (χ4n) is 1.64. The van der Waals surface area contributed by atoms with Crippen molar-refractivity contribution >= 4 is 11.6 Å². The second kappa shape index (κ2) is 5.06. The third-order valence-electron chi connectivity index (χ3n) is 2.68. The molecule has 2 aromatic rings. The molecule has 2 rings (SSSR count). The van der Waals surface area contributed by atoms with Gasteiger partial charge in [-0.05, 0) is 31.2 Å². The minimum absolute atomic E-state index is 0.0308. The van der Waals surface area contributed by atoms with Crippen molar-refractivity contribution in [1.82, 2.24) is 0 Å². The summed E-state index contributed by atoms with van der Waals surface area (Å²) < 4.78 is 26.0. The molecule has 3 nitrogen and oxygen atoms in total. The second-order valence-electron chi connectivity index (χ2n) is 4.06. The molecule has 0 aliphatic heterocycles. The number of hydrogen-bond donors (Lipinski definition) is 2. The van der Waals surface area contributed by atoms with Gasteiger partial charge in [0.15, 0.2) is 0 Å². The number of benzene rings is 2. The van der Waals surface area contributed by atoms with Gasteiger partial charge in [-0.1, -0.05) is 6.07 Å². The third-order valence-corrected chi connectivity index (χ3v) is 2.68. The maximum Gasteiger partial charge on any atom is 0.255 e. The first kappa shape index (κ1) is 13.0. The van der Waals surface area contributed by atoms with E-state index in [1.807, 2.05) is 0 Å². The Morgan fingerprint density at radius 1 is 1.16 bits per heavy atom. The first-order valence-electron chi connectivity index (χ1n) is 5.53. The van der Waals surface area contributed by atoms with Crippen LogP contribution in [0.1, 0.15) is 15.9 Å². The molecule has 0 unspecified atom stereocenters. The Hall–Kier alpha value is -2.43. The zero-order valence-electron chi connectivity index (χ0n) is 10.1. The molecule has 0 saturated carbocycles. The summed E-state index contributed by atoms with van der Waals surface area (Å²) in [6.07, 6.45) is 0. The van der Waals surface area contributed by atoms with Gasteiger partial charge in [-0.3, -0.25) is 4.79 Å². The molecular weight excluding hydrogens is 252 g/mol. The molecule has 0 atom stereocenters. The van der Waals surface area contributed by atoms with Crippen LogP contribution in [0.3, 0.4) is 0 Å². The maximum atomic E-state index is 13.0. The zero-order valence-corrected chi connectivity index (χ0v) is 10.1. The smallest absolute Gasteiger partial charge is 0.255 e. The minimum atomic E-state index is -0.821. The van der Waals surface area contributed by atoms with Crippen LogP contribution in [0.2, 0.25) is 0 Å². The van der Waals surface area contributed by atoms with Gasteiger partial charge in [0.1, 0.15) is 17.4 Å². The van der Waals surface area contributed by atoms with Gasteiger partial charge in [0.25, 0.3) is 5.91 Å². The summed E-state index contributed by atoms with van der Waals surface area (Å²) in [6, 6.07) is 7.20. The summed E-state index contributed by atoms with van der Waals surface area (Å²) >= 11 is 0. The maximum absolute atomic E-state index is 13.0. The van der Waals surface area contributed by atoms with Crippen LogP contribution >= 0.6 is 0 Å². The number of hydrogen-bond acceptors (Lipinski definition) is 2. The van der Waals surface area contributed by atoms with Crippen molar-refractivity contribution in [2.45, 2.75) is 6.92 Å². The Balaban J connectivity index is 2.28. The van der Waals surface area contributed by atoms with Crippen molar-refractivity contribution in [1.29, 1.82) is 0 Å². The number of carbonyl (C=O) groups is 1. The van der Waals surface area contributed by atoms with Crippen LogP contribution in [0.25, 0.3) is 0 Å². The van der Waals surface area contributed by atoms with Gasteiger partial charge in [0.2, 0.25) is 0 Å². The largest absolute Gasteiger partial charge is 0.508 e. The summed E-state index contributed by atoms with van der Waals surface area (Å²) in [5.74, 6) is -2.26. The van der Waals surface area contributed by atoms with Crippen molar-refractivity contribution in [3.63, 3.8) is 0 Å². The molecule has 0 radical (unpaired) electrons. The Bertz CT molecular complexity index is 621. The van der Waals surface area contributed by atoms with Gasteiger partial charge in [-0.25, -0.2) is 8.78 Å². The number of halogens is 2. The van der Waals surface area contributed by atoms with Crippen molar-refractivity contribution in [2.24, 2.45) is 0 Å². The number of rotatable bonds is 2. The SMILES string of the molecule is Cc1c(O)cccc1NC(=O)c1cc(F)cc(F)c1. The van der Waals surface area contributed by atoms with Gasteiger partial charge in [-0.2, -0.15) is 0 Å². The monoisotopic (exact) mass is 263 g/mol. The lowest BCUT2D eigenvalue weighted by Gasteiger charge is -2.09. The van der Waals surface area contributed by atoms with E-state index in [0.29, 0.717) is 17.3 Å². The normalized spacial score (nSPS) is 10.3. The van der Waals surface area contributed by atoms with Crippen LogP contribution in [-0.2, 0) is 0 Å². The highest BCUT2D eigenvalue weighted by Crippen LogP contribution is 2.24. The van der Waals surface area contributed by atoms with Gasteiger partial charge in [0, 0.05) is 22.9 Å². The average Bonchev–Trinajstić information content (AvgIpc) is 2.33. The Morgan fingerprint density at radius 2 is 1.79 bits per heavy atom. The number of nitrogens with one attached hydrogen (secondary N) is 1. The minimum Gasteiger partial charge on any atom is -0.508 e. The molecule has 0 spiro atoms. The molecule has 0 heterocycles. The number of anilines is 1. The van der Waals surface area contributed by atoms with E-state index in [1.165, 1.54) is 6.07 Å². The average molecular weight is 263 g/mol. The Morgan fingerprint density at radius 3 is 2.42 bits per heavy atom. The highest BCUT2D eigenvalue weighted by molar-refractivity contribution is 6.04. The van der Waals surface area contributed by atoms with Crippen LogP contribution in [-0.4, -0.2) is 11.0 Å². The number of phenols is 1. The fraction of sp³-hybridized carbons (Fsp3) is 0.0714. The van der Waals surface area contributed by atoms with Gasteiger partial charge in [0.05, 0.1) is 0 Å². The lowest BCUT2D eigenvalue weighted by molar-refractivity contribution is 0.102. The van der Waals surface area contributed by atoms with E-state index in [2.05, 4.69) is 5.32 Å². The van der Waals surface area contributed by atoms with E-state index < -0.39 is 17.5 Å². The molecule has 5 heteroatoms. The van der Waals surface area contributed by atoms with Crippen molar-refractivity contribution in [2.75, 3.05) is 5.32 Å². The highest BCUT2D eigenvalue weighted by Gasteiger charge is 2.11. The molecule has 1 amide bonds. The van der Waals surface area contributed by atoms with E-state index in [9.17, 15) is 18.7 Å². The highest BCUT2D eigenvalue weighted by atomic mass is 19.1. The Labute approximate surface area is 108 Å². The summed E-state index contributed by atoms with van der Waals surface area (Å²) in [5.41, 5.74) is 0.739. The molecule has 98 valence electrons. The lowest BCUT2D eigenvalue weighted by Crippen LogP contribution is -2.13. The summed E-state index contributed by atoms with van der Waals surface area (Å²) in [4.78, 5) is 11.9. The number of aromatic hydroxyl groups is 1. The van der Waals surface area contributed by atoms with Gasteiger partial charge < -0.3 is 10.4 Å². The summed E-state index contributed by atoms with van der Waals surface area (Å²) in [6.45, 7) is 1.62.